The molecule has 1 saturated heterocycles. The Kier molecular flexibility index (Phi) is 7.97. The lowest BCUT2D eigenvalue weighted by atomic mass is 9.95. The van der Waals surface area contributed by atoms with Crippen LogP contribution in [0.4, 0.5) is 5.69 Å². The van der Waals surface area contributed by atoms with Gasteiger partial charge in [0, 0.05) is 51.1 Å². The van der Waals surface area contributed by atoms with Gasteiger partial charge in [-0.1, -0.05) is 23.2 Å². The Labute approximate surface area is 263 Å². The quantitative estimate of drug-likeness (QED) is 0.303. The van der Waals surface area contributed by atoms with Gasteiger partial charge >= 0.3 is 0 Å². The molecule has 0 unspecified atom stereocenters. The van der Waals surface area contributed by atoms with Crippen LogP contribution in [-0.2, 0) is 16.1 Å². The van der Waals surface area contributed by atoms with Crippen molar-refractivity contribution < 1.29 is 23.8 Å². The third-order valence-corrected chi connectivity index (χ3v) is 8.05. The van der Waals surface area contributed by atoms with Crippen molar-refractivity contribution in [2.75, 3.05) is 38.7 Å². The number of nitrogens with two attached hydrogens (primary N) is 1. The number of carbonyl (C=O) groups is 2. The Balaban J connectivity index is 1.55. The number of aromatic nitrogens is 3. The van der Waals surface area contributed by atoms with Gasteiger partial charge in [0.15, 0.2) is 5.69 Å². The summed E-state index contributed by atoms with van der Waals surface area (Å²) in [5.74, 6) is 0.497. The number of methoxy groups -OCH3 is 1. The van der Waals surface area contributed by atoms with E-state index >= 15 is 0 Å². The molecule has 2 amide bonds. The fourth-order valence-electron chi connectivity index (χ4n) is 5.52. The zero-order valence-electron chi connectivity index (χ0n) is 24.3. The lowest BCUT2D eigenvalue weighted by molar-refractivity contribution is -0.114. The van der Waals surface area contributed by atoms with Crippen molar-refractivity contribution in [2.45, 2.75) is 26.0 Å². The molecule has 228 valence electrons. The number of fused-ring (bicyclic) bond motifs is 3. The molecule has 0 atom stereocenters. The van der Waals surface area contributed by atoms with Gasteiger partial charge in [-0.05, 0) is 44.2 Å². The second-order valence-electron chi connectivity index (χ2n) is 11.1. The first-order chi connectivity index (χ1) is 21.1. The van der Waals surface area contributed by atoms with Gasteiger partial charge in [0.2, 0.25) is 5.91 Å². The molecule has 0 radical (unpaired) electrons. The molecule has 2 aromatic carbocycles. The summed E-state index contributed by atoms with van der Waals surface area (Å²) < 4.78 is 19.3. The monoisotopic (exact) mass is 636 g/mol. The van der Waals surface area contributed by atoms with Crippen LogP contribution < -0.4 is 20.5 Å². The molecule has 2 aliphatic rings. The van der Waals surface area contributed by atoms with E-state index in [9.17, 15) is 9.59 Å². The van der Waals surface area contributed by atoms with E-state index < -0.39 is 5.54 Å². The minimum atomic E-state index is -0.531. The Morgan fingerprint density at radius 2 is 1.86 bits per heavy atom. The summed E-state index contributed by atoms with van der Waals surface area (Å²) in [6, 6.07) is 10.6. The van der Waals surface area contributed by atoms with Gasteiger partial charge in [-0.15, -0.1) is 0 Å². The molecular formula is C31H30Cl2N6O5. The average molecular weight is 638 g/mol. The number of rotatable bonds is 6. The molecule has 1 fully saturated rings. The second-order valence-corrected chi connectivity index (χ2v) is 12.0. The number of hydrogen-bond donors (Lipinski definition) is 2. The largest absolute Gasteiger partial charge is 0.496 e. The molecule has 0 spiro atoms. The molecule has 2 aliphatic heterocycles. The van der Waals surface area contributed by atoms with Crippen molar-refractivity contribution in [1.82, 2.24) is 19.7 Å². The first-order valence-electron chi connectivity index (χ1n) is 13.9. The van der Waals surface area contributed by atoms with Crippen LogP contribution in [0.3, 0.4) is 0 Å². The van der Waals surface area contributed by atoms with Crippen molar-refractivity contribution in [3.05, 3.63) is 70.1 Å². The smallest absolute Gasteiger partial charge is 0.275 e. The average Bonchev–Trinajstić information content (AvgIpc) is 3.40. The molecule has 2 aromatic heterocycles. The molecule has 13 heteroatoms. The lowest BCUT2D eigenvalue weighted by Crippen LogP contribution is -2.55. The number of amides is 2. The van der Waals surface area contributed by atoms with Crippen molar-refractivity contribution in [3.63, 3.8) is 0 Å². The van der Waals surface area contributed by atoms with Gasteiger partial charge in [-0.2, -0.15) is 5.10 Å². The molecule has 4 heterocycles. The number of benzene rings is 2. The Bertz CT molecular complexity index is 1770. The van der Waals surface area contributed by atoms with E-state index in [1.807, 2.05) is 19.9 Å². The Morgan fingerprint density at radius 3 is 2.57 bits per heavy atom. The highest BCUT2D eigenvalue weighted by Crippen LogP contribution is 2.46. The van der Waals surface area contributed by atoms with Crippen LogP contribution in [-0.4, -0.2) is 70.4 Å². The standard InChI is InChI=1S/C31H30Cl2N6O5/c1-31(2)16-43-5-4-38(31)30(41)28-24-15-44-26-11-25(42-3)22(17-6-20(14-35-13-17)36-27(40)12-34)10-23(26)29(24)39(37-28)21-8-18(32)7-19(33)9-21/h6-11,13-14H,4-5,12,15-16,34H2,1-3H3,(H,36,40). The van der Waals surface area contributed by atoms with Crippen LogP contribution in [0.1, 0.15) is 29.9 Å². The third kappa shape index (κ3) is 5.48. The molecule has 44 heavy (non-hydrogen) atoms. The molecule has 0 bridgehead atoms. The van der Waals surface area contributed by atoms with Crippen molar-refractivity contribution in [2.24, 2.45) is 5.73 Å². The zero-order valence-corrected chi connectivity index (χ0v) is 25.8. The van der Waals surface area contributed by atoms with Crippen LogP contribution in [0.15, 0.2) is 48.8 Å². The lowest BCUT2D eigenvalue weighted by Gasteiger charge is -2.41. The molecule has 0 aliphatic carbocycles. The second kappa shape index (κ2) is 11.7. The number of morpholine rings is 1. The number of ether oxygens (including phenoxy) is 3. The van der Waals surface area contributed by atoms with Crippen molar-refractivity contribution >= 4 is 40.7 Å². The van der Waals surface area contributed by atoms with E-state index in [0.29, 0.717) is 80.6 Å². The SMILES string of the molecule is COc1cc2c(cc1-c1cncc(NC(=O)CN)c1)-c1c(c(C(=O)N3CCOCC3(C)C)nn1-c1cc(Cl)cc(Cl)c1)CO2. The summed E-state index contributed by atoms with van der Waals surface area (Å²) in [5, 5.41) is 8.44. The summed E-state index contributed by atoms with van der Waals surface area (Å²) in [6.45, 7) is 5.15. The first kappa shape index (κ1) is 29.9. The normalized spacial score (nSPS) is 15.2. The zero-order chi connectivity index (χ0) is 31.2. The highest BCUT2D eigenvalue weighted by molar-refractivity contribution is 6.34. The molecule has 4 aromatic rings. The maximum absolute atomic E-state index is 14.1. The number of nitrogens with zero attached hydrogens (tertiary/aromatic N) is 4. The Morgan fingerprint density at radius 1 is 1.09 bits per heavy atom. The number of halogens is 2. The van der Waals surface area contributed by atoms with Gasteiger partial charge in [0.25, 0.3) is 5.91 Å². The van der Waals surface area contributed by atoms with Gasteiger partial charge in [0.1, 0.15) is 18.1 Å². The summed E-state index contributed by atoms with van der Waals surface area (Å²) in [5.41, 5.74) is 9.58. The van der Waals surface area contributed by atoms with Gasteiger partial charge in [0.05, 0.1) is 55.7 Å². The van der Waals surface area contributed by atoms with E-state index in [1.165, 1.54) is 6.20 Å². The van der Waals surface area contributed by atoms with E-state index in [2.05, 4.69) is 10.3 Å². The highest BCUT2D eigenvalue weighted by Gasteiger charge is 2.39. The van der Waals surface area contributed by atoms with E-state index in [-0.39, 0.29) is 30.7 Å². The first-order valence-corrected chi connectivity index (χ1v) is 14.6. The van der Waals surface area contributed by atoms with Gasteiger partial charge in [-0.25, -0.2) is 4.68 Å². The molecule has 6 rings (SSSR count). The predicted molar refractivity (Wildman–Crippen MR) is 167 cm³/mol. The predicted octanol–water partition coefficient (Wildman–Crippen LogP) is 4.96. The number of pyridine rings is 1. The van der Waals surface area contributed by atoms with Crippen molar-refractivity contribution in [1.29, 1.82) is 0 Å². The van der Waals surface area contributed by atoms with Crippen LogP contribution >= 0.6 is 23.2 Å². The number of nitrogens with one attached hydrogen (secondary N) is 1. The van der Waals surface area contributed by atoms with Gasteiger partial charge in [-0.3, -0.25) is 14.6 Å². The number of anilines is 1. The number of hydrogen-bond acceptors (Lipinski definition) is 8. The fourth-order valence-corrected chi connectivity index (χ4v) is 6.04. The summed E-state index contributed by atoms with van der Waals surface area (Å²) in [7, 11) is 1.56. The molecule has 3 N–H and O–H groups in total. The number of carbonyl (C=O) groups excluding carboxylic acids is 2. The van der Waals surface area contributed by atoms with E-state index in [1.54, 1.807) is 53.2 Å². The van der Waals surface area contributed by atoms with Crippen LogP contribution in [0.2, 0.25) is 10.0 Å². The van der Waals surface area contributed by atoms with Gasteiger partial charge < -0.3 is 30.2 Å². The maximum atomic E-state index is 14.1. The minimum Gasteiger partial charge on any atom is -0.496 e. The Hall–Kier alpha value is -4.16. The van der Waals surface area contributed by atoms with Crippen LogP contribution in [0.25, 0.3) is 28.1 Å². The van der Waals surface area contributed by atoms with Crippen LogP contribution in [0, 0.1) is 0 Å². The summed E-state index contributed by atoms with van der Waals surface area (Å²) >= 11 is 12.8. The summed E-state index contributed by atoms with van der Waals surface area (Å²) in [6.07, 6.45) is 3.20. The fraction of sp³-hybridized carbons (Fsp3) is 0.290. The minimum absolute atomic E-state index is 0.104. The van der Waals surface area contributed by atoms with Crippen molar-refractivity contribution in [3.8, 4) is 39.6 Å². The highest BCUT2D eigenvalue weighted by atomic mass is 35.5. The van der Waals surface area contributed by atoms with Crippen LogP contribution in [0.5, 0.6) is 11.5 Å². The van der Waals surface area contributed by atoms with E-state index in [4.69, 9.17) is 48.2 Å². The topological polar surface area (TPSA) is 134 Å². The van der Waals surface area contributed by atoms with E-state index in [0.717, 1.165) is 0 Å². The maximum Gasteiger partial charge on any atom is 0.275 e. The third-order valence-electron chi connectivity index (χ3n) is 7.62. The molecule has 11 nitrogen and oxygen atoms in total. The summed E-state index contributed by atoms with van der Waals surface area (Å²) in [4.78, 5) is 32.2. The molecular weight excluding hydrogens is 607 g/mol. The molecule has 0 saturated carbocycles.